The molecule has 3 aromatic rings. The number of benzene rings is 3. The van der Waals surface area contributed by atoms with Gasteiger partial charge in [-0.25, -0.2) is 0 Å². The maximum atomic E-state index is 2.65. The number of hydrogen-bond acceptors (Lipinski definition) is 0. The second-order valence-corrected chi connectivity index (χ2v) is 28.2. The summed E-state index contributed by atoms with van der Waals surface area (Å²) in [5, 5.41) is 7.20. The summed E-state index contributed by atoms with van der Waals surface area (Å²) >= 11 is 0. The van der Waals surface area contributed by atoms with Crippen LogP contribution in [0.3, 0.4) is 0 Å². The van der Waals surface area contributed by atoms with Crippen LogP contribution >= 0.6 is 15.8 Å². The summed E-state index contributed by atoms with van der Waals surface area (Å²) in [6.45, 7) is 29.9. The van der Waals surface area contributed by atoms with Gasteiger partial charge >= 0.3 is 0 Å². The third kappa shape index (κ3) is 7.43. The first kappa shape index (κ1) is 35.1. The van der Waals surface area contributed by atoms with Crippen molar-refractivity contribution in [2.24, 2.45) is 5.92 Å². The van der Waals surface area contributed by atoms with Crippen LogP contribution in [0.4, 0.5) is 0 Å². The molecule has 0 saturated heterocycles. The third-order valence-corrected chi connectivity index (χ3v) is 22.0. The summed E-state index contributed by atoms with van der Waals surface area (Å²) in [4.78, 5) is 0. The molecule has 0 fully saturated rings. The Bertz CT molecular complexity index is 1300. The van der Waals surface area contributed by atoms with Crippen molar-refractivity contribution in [3.63, 3.8) is 0 Å². The Morgan fingerprint density at radius 1 is 0.500 bits per heavy atom. The minimum absolute atomic E-state index is 0.242. The summed E-state index contributed by atoms with van der Waals surface area (Å²) in [6, 6.07) is 34.6. The molecule has 3 aromatic carbocycles. The van der Waals surface area contributed by atoms with Gasteiger partial charge in [0.05, 0.1) is 0 Å². The molecule has 3 heteroatoms. The second kappa shape index (κ2) is 13.1. The van der Waals surface area contributed by atoms with E-state index in [1.165, 1.54) is 27.9 Å². The molecule has 1 unspecified atom stereocenters. The van der Waals surface area contributed by atoms with Gasteiger partial charge in [0.15, 0.2) is 8.07 Å². The van der Waals surface area contributed by atoms with Crippen molar-refractivity contribution in [3.05, 3.63) is 114 Å². The SMILES string of the molecule is CC(C)(C)P(CC1=C([Si](c2ccccc2)(c2ccccc2)c2ccccc2)C=CC1CP(C(C)(C)C)C(C)(C)C)C(C)(C)C. The van der Waals surface area contributed by atoms with Gasteiger partial charge in [0.25, 0.3) is 0 Å². The maximum absolute atomic E-state index is 2.65. The third-order valence-electron chi connectivity index (χ3n) is 9.26. The molecule has 0 heterocycles. The summed E-state index contributed by atoms with van der Waals surface area (Å²) in [5.41, 5.74) is 1.74. The van der Waals surface area contributed by atoms with E-state index in [2.05, 4.69) is 186 Å². The topological polar surface area (TPSA) is 0 Å². The zero-order valence-corrected chi connectivity index (χ0v) is 32.5. The molecular weight excluding hydrogens is 582 g/mol. The molecule has 0 N–H and O–H groups in total. The van der Waals surface area contributed by atoms with E-state index in [9.17, 15) is 0 Å². The molecule has 1 aliphatic carbocycles. The van der Waals surface area contributed by atoms with Gasteiger partial charge in [0.1, 0.15) is 0 Å². The molecule has 0 spiro atoms. The van der Waals surface area contributed by atoms with Crippen LogP contribution in [0.1, 0.15) is 83.1 Å². The van der Waals surface area contributed by atoms with E-state index in [1.807, 2.05) is 0 Å². The van der Waals surface area contributed by atoms with Crippen LogP contribution < -0.4 is 15.6 Å². The molecule has 0 bridgehead atoms. The van der Waals surface area contributed by atoms with Crippen molar-refractivity contribution in [3.8, 4) is 0 Å². The largest absolute Gasteiger partial charge is 0.179 e. The quantitative estimate of drug-likeness (QED) is 0.131. The first-order valence-electron chi connectivity index (χ1n) is 16.5. The normalized spacial score (nSPS) is 16.8. The molecule has 0 saturated carbocycles. The summed E-state index contributed by atoms with van der Waals surface area (Å²) in [7, 11) is -3.17. The van der Waals surface area contributed by atoms with Crippen LogP contribution in [0, 0.1) is 5.92 Å². The molecule has 0 aromatic heterocycles. The molecular formula is C41H58P2Si. The first-order chi connectivity index (χ1) is 20.4. The van der Waals surface area contributed by atoms with Crippen molar-refractivity contribution < 1.29 is 0 Å². The van der Waals surface area contributed by atoms with Gasteiger partial charge in [-0.3, -0.25) is 0 Å². The van der Waals surface area contributed by atoms with Crippen LogP contribution in [0.15, 0.2) is 114 Å². The Labute approximate surface area is 274 Å². The van der Waals surface area contributed by atoms with Gasteiger partial charge in [-0.1, -0.05) is 208 Å². The highest BCUT2D eigenvalue weighted by Gasteiger charge is 2.48. The highest BCUT2D eigenvalue weighted by Crippen LogP contribution is 2.64. The van der Waals surface area contributed by atoms with Crippen LogP contribution in [0.25, 0.3) is 0 Å². The summed E-state index contributed by atoms with van der Waals surface area (Å²) in [6.07, 6.45) is 7.73. The van der Waals surface area contributed by atoms with Crippen molar-refractivity contribution in [1.82, 2.24) is 0 Å². The monoisotopic (exact) mass is 640 g/mol. The molecule has 1 atom stereocenters. The lowest BCUT2D eigenvalue weighted by molar-refractivity contribution is 0.687. The van der Waals surface area contributed by atoms with Gasteiger partial charge in [0, 0.05) is 5.92 Å². The van der Waals surface area contributed by atoms with Gasteiger partial charge in [-0.05, 0) is 53.7 Å². The Morgan fingerprint density at radius 3 is 1.16 bits per heavy atom. The van der Waals surface area contributed by atoms with E-state index in [0.29, 0.717) is 16.2 Å². The first-order valence-corrected chi connectivity index (χ1v) is 21.6. The predicted molar refractivity (Wildman–Crippen MR) is 206 cm³/mol. The Morgan fingerprint density at radius 2 is 0.841 bits per heavy atom. The highest BCUT2D eigenvalue weighted by molar-refractivity contribution is 7.61. The van der Waals surface area contributed by atoms with E-state index >= 15 is 0 Å². The molecule has 4 rings (SSSR count). The van der Waals surface area contributed by atoms with Crippen LogP contribution in [0.2, 0.25) is 0 Å². The van der Waals surface area contributed by atoms with E-state index in [0.717, 1.165) is 0 Å². The smallest absolute Gasteiger partial charge is 0.0947 e. The molecule has 1 aliphatic rings. The maximum Gasteiger partial charge on any atom is 0.179 e. The van der Waals surface area contributed by atoms with Crippen molar-refractivity contribution in [1.29, 1.82) is 0 Å². The summed E-state index contributed by atoms with van der Waals surface area (Å²) in [5.74, 6) is 0.479. The van der Waals surface area contributed by atoms with E-state index in [4.69, 9.17) is 0 Å². The molecule has 0 nitrogen and oxygen atoms in total. The average molecular weight is 641 g/mol. The molecule has 0 radical (unpaired) electrons. The van der Waals surface area contributed by atoms with Gasteiger partial charge in [-0.2, -0.15) is 0 Å². The molecule has 236 valence electrons. The fourth-order valence-electron chi connectivity index (χ4n) is 7.81. The van der Waals surface area contributed by atoms with Crippen LogP contribution in [0.5, 0.6) is 0 Å². The average Bonchev–Trinajstić information content (AvgIpc) is 3.32. The molecule has 0 amide bonds. The van der Waals surface area contributed by atoms with Crippen LogP contribution in [-0.4, -0.2) is 41.0 Å². The fourth-order valence-corrected chi connectivity index (χ4v) is 20.6. The number of allylic oxidation sites excluding steroid dienone is 4. The van der Waals surface area contributed by atoms with E-state index in [1.54, 1.807) is 10.8 Å². The van der Waals surface area contributed by atoms with Crippen LogP contribution in [-0.2, 0) is 0 Å². The number of hydrogen-bond donors (Lipinski definition) is 0. The minimum atomic E-state index is -2.61. The Balaban J connectivity index is 2.11. The highest BCUT2D eigenvalue weighted by atomic mass is 31.1. The Kier molecular flexibility index (Phi) is 10.5. The van der Waals surface area contributed by atoms with Crippen molar-refractivity contribution >= 4 is 39.5 Å². The minimum Gasteiger partial charge on any atom is -0.0947 e. The Hall–Kier alpha value is -1.78. The van der Waals surface area contributed by atoms with Gasteiger partial charge < -0.3 is 0 Å². The zero-order chi connectivity index (χ0) is 32.6. The van der Waals surface area contributed by atoms with E-state index < -0.39 is 8.07 Å². The standard InChI is InChI=1S/C41H58P2Si/c1-38(2,3)42(39(4,5)6)30-32-28-29-37(36(32)31-43(40(7,8)9)41(10,11)12)44(33-22-16-13-17-23-33,34-24-18-14-19-25-34)35-26-20-15-21-27-35/h13-29,32H,30-31H2,1-12H3. The lowest BCUT2D eigenvalue weighted by Gasteiger charge is -2.46. The lowest BCUT2D eigenvalue weighted by Crippen LogP contribution is -2.68. The van der Waals surface area contributed by atoms with Crippen molar-refractivity contribution in [2.45, 2.75) is 104 Å². The van der Waals surface area contributed by atoms with Gasteiger partial charge in [-0.15, -0.1) is 0 Å². The van der Waals surface area contributed by atoms with E-state index in [-0.39, 0.29) is 26.2 Å². The van der Waals surface area contributed by atoms with Crippen molar-refractivity contribution in [2.75, 3.05) is 12.3 Å². The molecule has 44 heavy (non-hydrogen) atoms. The predicted octanol–water partition coefficient (Wildman–Crippen LogP) is 10.3. The fraction of sp³-hybridized carbons (Fsp3) is 0.463. The van der Waals surface area contributed by atoms with Gasteiger partial charge in [0.2, 0.25) is 0 Å². The zero-order valence-electron chi connectivity index (χ0n) is 29.7. The number of rotatable bonds is 8. The summed E-state index contributed by atoms with van der Waals surface area (Å²) < 4.78 is 0. The lowest BCUT2D eigenvalue weighted by atomic mass is 10.1. The molecule has 0 aliphatic heterocycles. The second-order valence-electron chi connectivity index (χ2n) is 16.6.